The van der Waals surface area contributed by atoms with Gasteiger partial charge in [0.1, 0.15) is 18.2 Å². The van der Waals surface area contributed by atoms with E-state index in [0.717, 1.165) is 21.3 Å². The molecule has 0 aromatic heterocycles. The highest BCUT2D eigenvalue weighted by atomic mass is 79.9. The summed E-state index contributed by atoms with van der Waals surface area (Å²) >= 11 is 15.8. The molecule has 0 radical (unpaired) electrons. The number of nitrogens with one attached hydrogen (secondary N) is 1. The van der Waals surface area contributed by atoms with E-state index >= 15 is 0 Å². The minimum absolute atomic E-state index is 0.268. The Morgan fingerprint density at radius 1 is 0.885 bits per heavy atom. The van der Waals surface area contributed by atoms with Crippen molar-refractivity contribution in [2.24, 2.45) is 0 Å². The van der Waals surface area contributed by atoms with Crippen LogP contribution >= 0.6 is 39.1 Å². The Bertz CT molecular complexity index is 903. The summed E-state index contributed by atoms with van der Waals surface area (Å²) in [5.74, 6) is 0.321. The maximum Gasteiger partial charge on any atom is 0.138 e. The first-order valence-corrected chi connectivity index (χ1v) is 9.41. The van der Waals surface area contributed by atoms with Gasteiger partial charge >= 0.3 is 0 Å². The lowest BCUT2D eigenvalue weighted by atomic mass is 10.2. The van der Waals surface area contributed by atoms with E-state index in [-0.39, 0.29) is 5.82 Å². The Hall–Kier alpha value is -1.75. The van der Waals surface area contributed by atoms with Crippen molar-refractivity contribution in [1.82, 2.24) is 0 Å². The second kappa shape index (κ2) is 8.76. The average molecular weight is 455 g/mol. The molecule has 0 aliphatic rings. The molecule has 0 heterocycles. The molecule has 0 aliphatic carbocycles. The highest BCUT2D eigenvalue weighted by Gasteiger charge is 2.05. The Morgan fingerprint density at radius 2 is 1.62 bits per heavy atom. The number of hydrogen-bond donors (Lipinski definition) is 1. The molecule has 3 rings (SSSR count). The van der Waals surface area contributed by atoms with Crippen LogP contribution in [0.4, 0.5) is 10.1 Å². The molecular weight excluding hydrogens is 440 g/mol. The van der Waals surface area contributed by atoms with Gasteiger partial charge in [0.2, 0.25) is 0 Å². The van der Waals surface area contributed by atoms with Gasteiger partial charge in [0.25, 0.3) is 0 Å². The number of hydrogen-bond acceptors (Lipinski definition) is 2. The molecule has 0 unspecified atom stereocenters. The monoisotopic (exact) mass is 453 g/mol. The van der Waals surface area contributed by atoms with Crippen LogP contribution in [0.1, 0.15) is 11.1 Å². The van der Waals surface area contributed by atoms with Crippen LogP contribution in [0.25, 0.3) is 0 Å². The van der Waals surface area contributed by atoms with E-state index in [1.807, 2.05) is 36.4 Å². The highest BCUT2D eigenvalue weighted by molar-refractivity contribution is 9.10. The predicted molar refractivity (Wildman–Crippen MR) is 109 cm³/mol. The Kier molecular flexibility index (Phi) is 6.41. The second-order valence-corrected chi connectivity index (χ2v) is 7.33. The second-order valence-electron chi connectivity index (χ2n) is 5.66. The van der Waals surface area contributed by atoms with Crippen LogP contribution in [0, 0.1) is 5.82 Å². The van der Waals surface area contributed by atoms with E-state index < -0.39 is 0 Å². The summed E-state index contributed by atoms with van der Waals surface area (Å²) in [5.41, 5.74) is 2.81. The van der Waals surface area contributed by atoms with E-state index in [0.29, 0.717) is 28.9 Å². The molecule has 0 saturated carbocycles. The van der Waals surface area contributed by atoms with Gasteiger partial charge in [-0.3, -0.25) is 0 Å². The maximum atomic E-state index is 12.9. The summed E-state index contributed by atoms with van der Waals surface area (Å²) < 4.78 is 19.5. The van der Waals surface area contributed by atoms with Crippen molar-refractivity contribution in [2.45, 2.75) is 13.2 Å². The lowest BCUT2D eigenvalue weighted by Gasteiger charge is -2.11. The van der Waals surface area contributed by atoms with Gasteiger partial charge in [-0.15, -0.1) is 0 Å². The van der Waals surface area contributed by atoms with Crippen LogP contribution in [0.15, 0.2) is 65.1 Å². The third-order valence-electron chi connectivity index (χ3n) is 3.72. The number of anilines is 1. The predicted octanol–water partition coefficient (Wildman–Crippen LogP) is 7.09. The van der Waals surface area contributed by atoms with Crippen molar-refractivity contribution in [3.05, 3.63) is 92.1 Å². The molecule has 6 heteroatoms. The molecular formula is C20H15BrCl2FNO. The summed E-state index contributed by atoms with van der Waals surface area (Å²) in [5, 5.41) is 4.48. The van der Waals surface area contributed by atoms with Crippen LogP contribution in [0.3, 0.4) is 0 Å². The van der Waals surface area contributed by atoms with Gasteiger partial charge in [0, 0.05) is 16.7 Å². The van der Waals surface area contributed by atoms with Gasteiger partial charge < -0.3 is 10.1 Å². The smallest absolute Gasteiger partial charge is 0.138 e. The van der Waals surface area contributed by atoms with Crippen molar-refractivity contribution < 1.29 is 9.13 Å². The summed E-state index contributed by atoms with van der Waals surface area (Å²) in [6, 6.07) is 17.5. The first kappa shape index (κ1) is 19.0. The molecule has 0 spiro atoms. The molecule has 2 nitrogen and oxygen atoms in total. The molecule has 3 aromatic rings. The highest BCUT2D eigenvalue weighted by Crippen LogP contribution is 2.28. The number of ether oxygens (including phenoxy) is 1. The third-order valence-corrected chi connectivity index (χ3v) is 5.25. The number of benzene rings is 3. The van der Waals surface area contributed by atoms with Crippen molar-refractivity contribution in [1.29, 1.82) is 0 Å². The van der Waals surface area contributed by atoms with Crippen LogP contribution in [0.5, 0.6) is 5.75 Å². The fourth-order valence-electron chi connectivity index (χ4n) is 2.32. The summed E-state index contributed by atoms with van der Waals surface area (Å²) in [4.78, 5) is 0. The average Bonchev–Trinajstić information content (AvgIpc) is 2.63. The largest absolute Gasteiger partial charge is 0.487 e. The first-order valence-electron chi connectivity index (χ1n) is 7.86. The lowest BCUT2D eigenvalue weighted by Crippen LogP contribution is -2.00. The fraction of sp³-hybridized carbons (Fsp3) is 0.100. The minimum Gasteiger partial charge on any atom is -0.487 e. The lowest BCUT2D eigenvalue weighted by molar-refractivity contribution is 0.306. The Labute approximate surface area is 170 Å². The van der Waals surface area contributed by atoms with Crippen molar-refractivity contribution in [3.63, 3.8) is 0 Å². The van der Waals surface area contributed by atoms with Crippen LogP contribution in [-0.2, 0) is 13.2 Å². The standard InChI is InChI=1S/C20H15BrCl2FNO/c21-17-7-6-16(10-18(17)22)25-11-14-3-8-20(19(23)9-14)26-12-13-1-4-15(24)5-2-13/h1-10,25H,11-12H2. The zero-order chi connectivity index (χ0) is 18.5. The maximum absolute atomic E-state index is 12.9. The van der Waals surface area contributed by atoms with Gasteiger partial charge in [-0.1, -0.05) is 41.4 Å². The summed E-state index contributed by atoms with van der Waals surface area (Å²) in [6.07, 6.45) is 0. The number of rotatable bonds is 6. The third kappa shape index (κ3) is 5.13. The van der Waals surface area contributed by atoms with Crippen molar-refractivity contribution in [3.8, 4) is 5.75 Å². The molecule has 3 aromatic carbocycles. The summed E-state index contributed by atoms with van der Waals surface area (Å²) in [7, 11) is 0. The topological polar surface area (TPSA) is 21.3 Å². The van der Waals surface area contributed by atoms with Crippen molar-refractivity contribution in [2.75, 3.05) is 5.32 Å². The Morgan fingerprint density at radius 3 is 2.31 bits per heavy atom. The van der Waals surface area contributed by atoms with Gasteiger partial charge in [-0.25, -0.2) is 4.39 Å². The number of halogens is 4. The minimum atomic E-state index is -0.268. The van der Waals surface area contributed by atoms with Gasteiger partial charge in [0.05, 0.1) is 10.0 Å². The van der Waals surface area contributed by atoms with E-state index in [1.165, 1.54) is 12.1 Å². The molecule has 0 bridgehead atoms. The van der Waals surface area contributed by atoms with Crippen LogP contribution in [0.2, 0.25) is 10.0 Å². The zero-order valence-corrected chi connectivity index (χ0v) is 16.7. The van der Waals surface area contributed by atoms with Gasteiger partial charge in [0.15, 0.2) is 0 Å². The molecule has 0 amide bonds. The van der Waals surface area contributed by atoms with Crippen LogP contribution in [-0.4, -0.2) is 0 Å². The molecule has 0 atom stereocenters. The van der Waals surface area contributed by atoms with E-state index in [2.05, 4.69) is 21.2 Å². The Balaban J connectivity index is 1.59. The van der Waals surface area contributed by atoms with Crippen molar-refractivity contribution >= 4 is 44.8 Å². The summed E-state index contributed by atoms with van der Waals surface area (Å²) in [6.45, 7) is 0.935. The van der Waals surface area contributed by atoms with Gasteiger partial charge in [-0.2, -0.15) is 0 Å². The molecule has 0 saturated heterocycles. The van der Waals surface area contributed by atoms with Gasteiger partial charge in [-0.05, 0) is 69.5 Å². The normalized spacial score (nSPS) is 10.6. The fourth-order valence-corrected chi connectivity index (χ4v) is 3.01. The van der Waals surface area contributed by atoms with E-state index in [9.17, 15) is 4.39 Å². The van der Waals surface area contributed by atoms with E-state index in [4.69, 9.17) is 27.9 Å². The molecule has 0 aliphatic heterocycles. The van der Waals surface area contributed by atoms with Crippen LogP contribution < -0.4 is 10.1 Å². The molecule has 134 valence electrons. The zero-order valence-electron chi connectivity index (χ0n) is 13.6. The quantitative estimate of drug-likeness (QED) is 0.429. The van der Waals surface area contributed by atoms with E-state index in [1.54, 1.807) is 12.1 Å². The molecule has 0 fully saturated rings. The molecule has 1 N–H and O–H groups in total. The molecule has 26 heavy (non-hydrogen) atoms. The SMILES string of the molecule is Fc1ccc(COc2ccc(CNc3ccc(Br)c(Cl)c3)cc2Cl)cc1. The first-order chi connectivity index (χ1) is 12.5.